The number of hydrogen-bond acceptors (Lipinski definition) is 4. The molecule has 0 atom stereocenters. The number of nitrogens with one attached hydrogen (secondary N) is 1. The first-order valence-electron chi connectivity index (χ1n) is 6.29. The number of aromatic nitrogens is 1. The van der Waals surface area contributed by atoms with Gasteiger partial charge in [0.25, 0.3) is 0 Å². The van der Waals surface area contributed by atoms with Gasteiger partial charge >= 0.3 is 0 Å². The van der Waals surface area contributed by atoms with Gasteiger partial charge in [0, 0.05) is 5.02 Å². The molecule has 0 radical (unpaired) electrons. The largest absolute Gasteiger partial charge is 0.301 e. The average Bonchev–Trinajstić information content (AvgIpc) is 2.97. The number of hydrogen-bond donors (Lipinski definition) is 1. The molecule has 6 heteroatoms. The molecule has 1 fully saturated rings. The van der Waals surface area contributed by atoms with Crippen LogP contribution in [0.4, 0.5) is 5.13 Å². The quantitative estimate of drug-likeness (QED) is 0.947. The number of thiazole rings is 1. The molecular weight excluding hydrogens is 282 g/mol. The van der Waals surface area contributed by atoms with Gasteiger partial charge in [0.05, 0.1) is 16.8 Å². The number of halogens is 1. The molecule has 2 heterocycles. The third-order valence-electron chi connectivity index (χ3n) is 3.16. The van der Waals surface area contributed by atoms with Crippen LogP contribution in [0.1, 0.15) is 12.8 Å². The Morgan fingerprint density at radius 2 is 2.21 bits per heavy atom. The highest BCUT2D eigenvalue weighted by atomic mass is 35.5. The van der Waals surface area contributed by atoms with Gasteiger partial charge in [0.2, 0.25) is 5.91 Å². The molecule has 0 unspecified atom stereocenters. The zero-order valence-corrected chi connectivity index (χ0v) is 11.9. The van der Waals surface area contributed by atoms with Gasteiger partial charge in [-0.15, -0.1) is 0 Å². The molecule has 1 saturated heterocycles. The molecule has 1 amide bonds. The zero-order chi connectivity index (χ0) is 13.2. The van der Waals surface area contributed by atoms with E-state index in [1.54, 1.807) is 6.07 Å². The molecule has 2 aromatic rings. The number of amides is 1. The zero-order valence-electron chi connectivity index (χ0n) is 10.4. The predicted molar refractivity (Wildman–Crippen MR) is 78.9 cm³/mol. The molecule has 3 rings (SSSR count). The minimum atomic E-state index is 0.00653. The second-order valence-electron chi connectivity index (χ2n) is 4.66. The summed E-state index contributed by atoms with van der Waals surface area (Å²) in [6, 6.07) is 5.54. The van der Waals surface area contributed by atoms with E-state index in [1.807, 2.05) is 12.1 Å². The third kappa shape index (κ3) is 3.05. The lowest BCUT2D eigenvalue weighted by Crippen LogP contribution is -2.30. The van der Waals surface area contributed by atoms with Crippen LogP contribution in [0.15, 0.2) is 18.2 Å². The Hall–Kier alpha value is -1.17. The molecule has 1 aliphatic rings. The molecule has 0 aliphatic carbocycles. The summed E-state index contributed by atoms with van der Waals surface area (Å²) in [5.41, 5.74) is 0.867. The summed E-state index contributed by atoms with van der Waals surface area (Å²) >= 11 is 7.38. The summed E-state index contributed by atoms with van der Waals surface area (Å²) in [6.07, 6.45) is 2.37. The van der Waals surface area contributed by atoms with Crippen molar-refractivity contribution in [1.82, 2.24) is 9.88 Å². The van der Waals surface area contributed by atoms with E-state index in [2.05, 4.69) is 15.2 Å². The van der Waals surface area contributed by atoms with Crippen LogP contribution in [0, 0.1) is 0 Å². The number of rotatable bonds is 3. The van der Waals surface area contributed by atoms with Gasteiger partial charge in [0.15, 0.2) is 5.13 Å². The lowest BCUT2D eigenvalue weighted by molar-refractivity contribution is -0.117. The molecule has 0 saturated carbocycles. The Kier molecular flexibility index (Phi) is 3.68. The van der Waals surface area contributed by atoms with Crippen molar-refractivity contribution in [3.05, 3.63) is 23.2 Å². The minimum absolute atomic E-state index is 0.00653. The summed E-state index contributed by atoms with van der Waals surface area (Å²) in [6.45, 7) is 2.49. The highest BCUT2D eigenvalue weighted by Crippen LogP contribution is 2.28. The van der Waals surface area contributed by atoms with Crippen LogP contribution in [0.25, 0.3) is 10.2 Å². The van der Waals surface area contributed by atoms with Crippen molar-refractivity contribution in [2.75, 3.05) is 25.0 Å². The van der Waals surface area contributed by atoms with Gasteiger partial charge < -0.3 is 5.32 Å². The van der Waals surface area contributed by atoms with E-state index in [0.29, 0.717) is 16.7 Å². The molecular formula is C13H14ClN3OS. The van der Waals surface area contributed by atoms with Crippen molar-refractivity contribution in [3.63, 3.8) is 0 Å². The van der Waals surface area contributed by atoms with Crippen LogP contribution < -0.4 is 5.32 Å². The van der Waals surface area contributed by atoms with Gasteiger partial charge in [-0.3, -0.25) is 9.69 Å². The molecule has 4 nitrogen and oxygen atoms in total. The van der Waals surface area contributed by atoms with Crippen LogP contribution in [-0.4, -0.2) is 35.4 Å². The fourth-order valence-corrected chi connectivity index (χ4v) is 3.41. The van der Waals surface area contributed by atoms with Crippen molar-refractivity contribution in [3.8, 4) is 0 Å². The van der Waals surface area contributed by atoms with Crippen molar-refractivity contribution in [1.29, 1.82) is 0 Å². The Morgan fingerprint density at radius 3 is 3.00 bits per heavy atom. The summed E-state index contributed by atoms with van der Waals surface area (Å²) in [5.74, 6) is 0.00653. The standard InChI is InChI=1S/C13H14ClN3OS/c14-9-3-4-10-11(7-9)19-13(15-10)16-12(18)8-17-5-1-2-6-17/h3-4,7H,1-2,5-6,8H2,(H,15,16,18). The van der Waals surface area contributed by atoms with Crippen LogP contribution in [0.5, 0.6) is 0 Å². The van der Waals surface area contributed by atoms with Gasteiger partial charge in [-0.2, -0.15) is 0 Å². The molecule has 1 aromatic heterocycles. The first-order valence-corrected chi connectivity index (χ1v) is 7.48. The molecule has 19 heavy (non-hydrogen) atoms. The predicted octanol–water partition coefficient (Wildman–Crippen LogP) is 2.98. The van der Waals surface area contributed by atoms with Gasteiger partial charge in [-0.25, -0.2) is 4.98 Å². The third-order valence-corrected chi connectivity index (χ3v) is 4.33. The number of benzene rings is 1. The van der Waals surface area contributed by atoms with E-state index >= 15 is 0 Å². The highest BCUT2D eigenvalue weighted by molar-refractivity contribution is 7.22. The van der Waals surface area contributed by atoms with E-state index in [1.165, 1.54) is 24.2 Å². The Balaban J connectivity index is 1.68. The van der Waals surface area contributed by atoms with Gasteiger partial charge in [-0.05, 0) is 44.1 Å². The lowest BCUT2D eigenvalue weighted by atomic mass is 10.3. The summed E-state index contributed by atoms with van der Waals surface area (Å²) in [4.78, 5) is 18.4. The maximum Gasteiger partial charge on any atom is 0.240 e. The number of fused-ring (bicyclic) bond motifs is 1. The van der Waals surface area contributed by atoms with Crippen molar-refractivity contribution in [2.24, 2.45) is 0 Å². The van der Waals surface area contributed by atoms with Crippen molar-refractivity contribution in [2.45, 2.75) is 12.8 Å². The molecule has 100 valence electrons. The molecule has 1 aliphatic heterocycles. The second kappa shape index (κ2) is 5.45. The van der Waals surface area contributed by atoms with E-state index in [0.717, 1.165) is 23.3 Å². The molecule has 1 N–H and O–H groups in total. The Morgan fingerprint density at radius 1 is 1.42 bits per heavy atom. The second-order valence-corrected chi connectivity index (χ2v) is 6.13. The SMILES string of the molecule is O=C(CN1CCCC1)Nc1nc2ccc(Cl)cc2s1. The Labute approximate surface area is 120 Å². The average molecular weight is 296 g/mol. The van der Waals surface area contributed by atoms with Crippen molar-refractivity contribution >= 4 is 44.2 Å². The van der Waals surface area contributed by atoms with E-state index < -0.39 is 0 Å². The number of anilines is 1. The minimum Gasteiger partial charge on any atom is -0.301 e. The number of likely N-dealkylation sites (tertiary alicyclic amines) is 1. The monoisotopic (exact) mass is 295 g/mol. The molecule has 1 aromatic carbocycles. The van der Waals surface area contributed by atoms with Crippen LogP contribution in [-0.2, 0) is 4.79 Å². The van der Waals surface area contributed by atoms with Gasteiger partial charge in [-0.1, -0.05) is 22.9 Å². The lowest BCUT2D eigenvalue weighted by Gasteiger charge is -2.12. The van der Waals surface area contributed by atoms with Crippen LogP contribution in [0.2, 0.25) is 5.02 Å². The van der Waals surface area contributed by atoms with Crippen molar-refractivity contribution < 1.29 is 4.79 Å². The summed E-state index contributed by atoms with van der Waals surface area (Å²) < 4.78 is 0.990. The smallest absolute Gasteiger partial charge is 0.240 e. The van der Waals surface area contributed by atoms with Gasteiger partial charge in [0.1, 0.15) is 0 Å². The fraction of sp³-hybridized carbons (Fsp3) is 0.385. The van der Waals surface area contributed by atoms with E-state index in [-0.39, 0.29) is 5.91 Å². The number of carbonyl (C=O) groups is 1. The number of carbonyl (C=O) groups excluding carboxylic acids is 1. The molecule has 0 spiro atoms. The summed E-state index contributed by atoms with van der Waals surface area (Å²) in [7, 11) is 0. The summed E-state index contributed by atoms with van der Waals surface area (Å²) in [5, 5.41) is 4.19. The molecule has 0 bridgehead atoms. The maximum atomic E-state index is 11.9. The highest BCUT2D eigenvalue weighted by Gasteiger charge is 2.16. The normalized spacial score (nSPS) is 16.1. The van der Waals surface area contributed by atoms with Crippen LogP contribution in [0.3, 0.4) is 0 Å². The topological polar surface area (TPSA) is 45.2 Å². The van der Waals surface area contributed by atoms with E-state index in [9.17, 15) is 4.79 Å². The van der Waals surface area contributed by atoms with Crippen LogP contribution >= 0.6 is 22.9 Å². The maximum absolute atomic E-state index is 11.9. The Bertz CT molecular complexity index is 607. The first-order chi connectivity index (χ1) is 9.20. The fourth-order valence-electron chi connectivity index (χ4n) is 2.25. The van der Waals surface area contributed by atoms with E-state index in [4.69, 9.17) is 11.6 Å². The first kappa shape index (κ1) is 12.8. The number of nitrogens with zero attached hydrogens (tertiary/aromatic N) is 2.